The molecule has 0 N–H and O–H groups in total. The van der Waals surface area contributed by atoms with Crippen LogP contribution in [-0.2, 0) is 21.2 Å². The third kappa shape index (κ3) is 3.52. The summed E-state index contributed by atoms with van der Waals surface area (Å²) < 4.78 is 30.4. The van der Waals surface area contributed by atoms with Gasteiger partial charge in [0.25, 0.3) is 5.91 Å². The van der Waals surface area contributed by atoms with E-state index in [1.807, 2.05) is 24.3 Å². The van der Waals surface area contributed by atoms with Crippen LogP contribution in [0, 0.1) is 17.2 Å². The molecule has 3 heterocycles. The van der Waals surface area contributed by atoms with Crippen LogP contribution in [0.4, 0.5) is 0 Å². The van der Waals surface area contributed by atoms with Gasteiger partial charge < -0.3 is 9.64 Å². The highest BCUT2D eigenvalue weighted by Gasteiger charge is 2.62. The van der Waals surface area contributed by atoms with E-state index in [0.717, 1.165) is 5.69 Å². The van der Waals surface area contributed by atoms with Gasteiger partial charge in [0.05, 0.1) is 36.3 Å². The fourth-order valence-electron chi connectivity index (χ4n) is 4.14. The maximum Gasteiger partial charge on any atom is 0.253 e. The van der Waals surface area contributed by atoms with Gasteiger partial charge in [-0.2, -0.15) is 5.26 Å². The molecule has 1 amide bonds. The van der Waals surface area contributed by atoms with E-state index in [-0.39, 0.29) is 30.7 Å². The molecule has 0 aliphatic carbocycles. The molecule has 1 aromatic heterocycles. The number of ether oxygens (including phenoxy) is 1. The number of rotatable bonds is 5. The van der Waals surface area contributed by atoms with Crippen molar-refractivity contribution in [2.24, 2.45) is 5.92 Å². The van der Waals surface area contributed by atoms with Crippen LogP contribution in [0.15, 0.2) is 48.7 Å². The van der Waals surface area contributed by atoms with E-state index in [0.29, 0.717) is 30.8 Å². The minimum Gasteiger partial charge on any atom is -0.375 e. The van der Waals surface area contributed by atoms with E-state index in [1.165, 1.54) is 6.07 Å². The van der Waals surface area contributed by atoms with Crippen LogP contribution in [-0.4, -0.2) is 54.4 Å². The molecule has 2 aliphatic heterocycles. The summed E-state index contributed by atoms with van der Waals surface area (Å²) >= 11 is 0. The molecule has 150 valence electrons. The second-order valence-corrected chi connectivity index (χ2v) is 10.0. The number of carbonyl (C=O) groups excluding carboxylic acids is 1. The Bertz CT molecular complexity index is 1060. The number of aromatic nitrogens is 1. The fourth-order valence-corrected chi connectivity index (χ4v) is 6.54. The monoisotopic (exact) mass is 411 g/mol. The lowest BCUT2D eigenvalue weighted by Gasteiger charge is -2.49. The van der Waals surface area contributed by atoms with Crippen LogP contribution in [0.25, 0.3) is 0 Å². The van der Waals surface area contributed by atoms with Crippen molar-refractivity contribution in [2.45, 2.75) is 17.8 Å². The maximum absolute atomic E-state index is 12.8. The minimum absolute atomic E-state index is 0.122. The third-order valence-corrected chi connectivity index (χ3v) is 8.44. The first kappa shape index (κ1) is 19.6. The molecule has 1 atom stereocenters. The van der Waals surface area contributed by atoms with Gasteiger partial charge in [-0.1, -0.05) is 12.1 Å². The smallest absolute Gasteiger partial charge is 0.253 e. The second kappa shape index (κ2) is 7.58. The zero-order chi connectivity index (χ0) is 20.5. The van der Waals surface area contributed by atoms with Crippen molar-refractivity contribution in [2.75, 3.05) is 25.4 Å². The first-order valence-corrected chi connectivity index (χ1v) is 11.1. The summed E-state index contributed by atoms with van der Waals surface area (Å²) in [6, 6.07) is 14.0. The molecule has 2 aliphatic rings. The normalized spacial score (nSPS) is 21.5. The molecule has 0 bridgehead atoms. The van der Waals surface area contributed by atoms with Gasteiger partial charge in [-0.25, -0.2) is 8.42 Å². The quantitative estimate of drug-likeness (QED) is 0.744. The number of sulfone groups is 1. The van der Waals surface area contributed by atoms with E-state index in [9.17, 15) is 13.2 Å². The molecule has 2 fully saturated rings. The van der Waals surface area contributed by atoms with Crippen molar-refractivity contribution in [1.29, 1.82) is 5.26 Å². The van der Waals surface area contributed by atoms with E-state index in [4.69, 9.17) is 10.00 Å². The zero-order valence-corrected chi connectivity index (χ0v) is 16.6. The van der Waals surface area contributed by atoms with Gasteiger partial charge in [0.2, 0.25) is 0 Å². The summed E-state index contributed by atoms with van der Waals surface area (Å²) in [4.78, 5) is 18.5. The third-order valence-electron chi connectivity index (χ3n) is 5.84. The molecule has 4 rings (SSSR count). The van der Waals surface area contributed by atoms with Crippen molar-refractivity contribution >= 4 is 15.7 Å². The molecule has 29 heavy (non-hydrogen) atoms. The molecular weight excluding hydrogens is 390 g/mol. The number of amides is 1. The van der Waals surface area contributed by atoms with E-state index < -0.39 is 14.6 Å². The Kier molecular flexibility index (Phi) is 5.11. The molecule has 0 saturated carbocycles. The number of benzene rings is 1. The number of likely N-dealkylation sites (tertiary alicyclic amines) is 1. The lowest BCUT2D eigenvalue weighted by atomic mass is 9.83. The molecule has 2 aromatic rings. The van der Waals surface area contributed by atoms with Crippen LogP contribution < -0.4 is 0 Å². The van der Waals surface area contributed by atoms with Gasteiger partial charge in [0.1, 0.15) is 4.75 Å². The van der Waals surface area contributed by atoms with Crippen LogP contribution >= 0.6 is 0 Å². The molecule has 7 nitrogen and oxygen atoms in total. The summed E-state index contributed by atoms with van der Waals surface area (Å²) in [5, 5.41) is 9.02. The van der Waals surface area contributed by atoms with E-state index in [2.05, 4.69) is 4.98 Å². The number of hydrogen-bond acceptors (Lipinski definition) is 6. The molecule has 2 saturated heterocycles. The van der Waals surface area contributed by atoms with Gasteiger partial charge >= 0.3 is 0 Å². The van der Waals surface area contributed by atoms with Crippen molar-refractivity contribution in [1.82, 2.24) is 9.88 Å². The Balaban J connectivity index is 1.43. The lowest BCUT2D eigenvalue weighted by Crippen LogP contribution is -2.68. The Morgan fingerprint density at radius 1 is 1.28 bits per heavy atom. The molecule has 1 unspecified atom stereocenters. The second-order valence-electron chi connectivity index (χ2n) is 7.56. The van der Waals surface area contributed by atoms with Crippen LogP contribution in [0.1, 0.15) is 28.0 Å². The lowest BCUT2D eigenvalue weighted by molar-refractivity contribution is 0.0204. The maximum atomic E-state index is 12.8. The number of hydrogen-bond donors (Lipinski definition) is 0. The Morgan fingerprint density at radius 3 is 2.83 bits per heavy atom. The van der Waals surface area contributed by atoms with Crippen molar-refractivity contribution in [3.8, 4) is 6.07 Å². The topological polar surface area (TPSA) is 100 Å². The SMILES string of the molecule is N#Cc1cccc(C(=O)N2CC3(C2)C(COCc2ccccn2)CCS3(=O)=O)c1. The van der Waals surface area contributed by atoms with Crippen molar-refractivity contribution in [3.63, 3.8) is 0 Å². The van der Waals surface area contributed by atoms with Gasteiger partial charge in [0, 0.05) is 30.8 Å². The van der Waals surface area contributed by atoms with E-state index in [1.54, 1.807) is 29.3 Å². The van der Waals surface area contributed by atoms with Crippen LogP contribution in [0.2, 0.25) is 0 Å². The standard InChI is InChI=1S/C21H21N3O4S/c22-11-16-4-3-5-17(10-16)20(25)24-14-21(15-24)18(7-9-29(21,26)27)12-28-13-19-6-1-2-8-23-19/h1-6,8,10,18H,7,9,12-15H2. The zero-order valence-electron chi connectivity index (χ0n) is 15.8. The van der Waals surface area contributed by atoms with Crippen molar-refractivity contribution < 1.29 is 17.9 Å². The van der Waals surface area contributed by atoms with E-state index >= 15 is 0 Å². The fraction of sp³-hybridized carbons (Fsp3) is 0.381. The highest BCUT2D eigenvalue weighted by atomic mass is 32.2. The highest BCUT2D eigenvalue weighted by molar-refractivity contribution is 7.93. The first-order valence-electron chi connectivity index (χ1n) is 9.44. The number of pyridine rings is 1. The number of carbonyl (C=O) groups is 1. The molecule has 1 aromatic carbocycles. The van der Waals surface area contributed by atoms with Crippen LogP contribution in [0.3, 0.4) is 0 Å². The summed E-state index contributed by atoms with van der Waals surface area (Å²) in [5.41, 5.74) is 1.60. The van der Waals surface area contributed by atoms with Gasteiger partial charge in [-0.3, -0.25) is 9.78 Å². The van der Waals surface area contributed by atoms with Gasteiger partial charge in [-0.15, -0.1) is 0 Å². The number of nitrogens with zero attached hydrogens (tertiary/aromatic N) is 3. The molecular formula is C21H21N3O4S. The average molecular weight is 411 g/mol. The minimum atomic E-state index is -3.30. The number of nitriles is 1. The predicted molar refractivity (Wildman–Crippen MR) is 106 cm³/mol. The highest BCUT2D eigenvalue weighted by Crippen LogP contribution is 2.45. The summed E-state index contributed by atoms with van der Waals surface area (Å²) in [5.74, 6) is -0.273. The summed E-state index contributed by atoms with van der Waals surface area (Å²) in [7, 11) is -3.30. The van der Waals surface area contributed by atoms with Gasteiger partial charge in [0.15, 0.2) is 9.84 Å². The molecule has 8 heteroatoms. The Morgan fingerprint density at radius 2 is 2.10 bits per heavy atom. The van der Waals surface area contributed by atoms with Crippen LogP contribution in [0.5, 0.6) is 0 Å². The molecule has 1 spiro atoms. The first-order chi connectivity index (χ1) is 13.9. The predicted octanol–water partition coefficient (Wildman–Crippen LogP) is 1.80. The largest absolute Gasteiger partial charge is 0.375 e. The Labute approximate surface area is 169 Å². The average Bonchev–Trinajstić information content (AvgIpc) is 2.97. The Hall–Kier alpha value is -2.76. The summed E-state index contributed by atoms with van der Waals surface area (Å²) in [6.45, 7) is 0.990. The molecule has 0 radical (unpaired) electrons. The van der Waals surface area contributed by atoms with Crippen molar-refractivity contribution in [3.05, 3.63) is 65.5 Å². The summed E-state index contributed by atoms with van der Waals surface area (Å²) in [6.07, 6.45) is 2.23. The van der Waals surface area contributed by atoms with Gasteiger partial charge in [-0.05, 0) is 36.8 Å².